The summed E-state index contributed by atoms with van der Waals surface area (Å²) in [4.78, 5) is 3.88. The molecule has 0 heterocycles. The van der Waals surface area contributed by atoms with Crippen molar-refractivity contribution in [2.45, 2.75) is 9.79 Å². The first kappa shape index (κ1) is 14.0. The molecule has 4 heteroatoms. The van der Waals surface area contributed by atoms with E-state index in [2.05, 4.69) is 18.2 Å². The van der Waals surface area contributed by atoms with E-state index in [1.54, 1.807) is 12.1 Å². The van der Waals surface area contributed by atoms with Crippen LogP contribution < -0.4 is 4.90 Å². The topological polar surface area (TPSA) is 50.8 Å². The maximum atomic E-state index is 9.23. The number of nitriles is 2. The molecule has 0 aliphatic carbocycles. The zero-order chi connectivity index (χ0) is 14.5. The molecule has 2 rings (SSSR count). The smallest absolute Gasteiger partial charge is 0.102 e. The van der Waals surface area contributed by atoms with Crippen LogP contribution in [0.25, 0.3) is 0 Å². The van der Waals surface area contributed by atoms with Gasteiger partial charge in [-0.3, -0.25) is 0 Å². The van der Waals surface area contributed by atoms with Crippen molar-refractivity contribution >= 4 is 17.4 Å². The average Bonchev–Trinajstić information content (AvgIpc) is 2.47. The number of anilines is 1. The van der Waals surface area contributed by atoms with Crippen molar-refractivity contribution < 1.29 is 0 Å². The van der Waals surface area contributed by atoms with Gasteiger partial charge in [0.1, 0.15) is 12.1 Å². The first-order valence-electron chi connectivity index (χ1n) is 6.04. The third-order valence-corrected chi connectivity index (χ3v) is 3.87. The van der Waals surface area contributed by atoms with Crippen LogP contribution in [0.3, 0.4) is 0 Å². The molecular weight excluding hydrogens is 266 g/mol. The summed E-state index contributed by atoms with van der Waals surface area (Å²) in [6.07, 6.45) is 0. The number of benzene rings is 2. The predicted octanol–water partition coefficient (Wildman–Crippen LogP) is 3.65. The third kappa shape index (κ3) is 2.93. The van der Waals surface area contributed by atoms with Gasteiger partial charge >= 0.3 is 0 Å². The lowest BCUT2D eigenvalue weighted by atomic mass is 10.1. The van der Waals surface area contributed by atoms with Gasteiger partial charge in [-0.1, -0.05) is 23.9 Å². The van der Waals surface area contributed by atoms with Gasteiger partial charge in [-0.25, -0.2) is 0 Å². The minimum atomic E-state index is 0.418. The molecule has 0 aliphatic rings. The first-order valence-corrected chi connectivity index (χ1v) is 6.86. The molecule has 0 amide bonds. The summed E-state index contributed by atoms with van der Waals surface area (Å²) in [6.45, 7) is 0. The minimum absolute atomic E-state index is 0.418. The molecule has 0 aliphatic heterocycles. The van der Waals surface area contributed by atoms with Crippen LogP contribution in [0.15, 0.2) is 52.3 Å². The van der Waals surface area contributed by atoms with E-state index in [0.717, 1.165) is 15.5 Å². The third-order valence-electron chi connectivity index (χ3n) is 2.82. The van der Waals surface area contributed by atoms with Gasteiger partial charge in [-0.2, -0.15) is 10.5 Å². The fraction of sp³-hybridized carbons (Fsp3) is 0.125. The van der Waals surface area contributed by atoms with Crippen molar-refractivity contribution in [3.05, 3.63) is 53.6 Å². The maximum absolute atomic E-state index is 9.23. The molecule has 0 aromatic heterocycles. The highest BCUT2D eigenvalue weighted by atomic mass is 32.2. The Labute approximate surface area is 123 Å². The van der Waals surface area contributed by atoms with E-state index in [1.165, 1.54) is 11.8 Å². The molecule has 0 fully saturated rings. The Kier molecular flexibility index (Phi) is 4.30. The predicted molar refractivity (Wildman–Crippen MR) is 80.8 cm³/mol. The molecule has 0 radical (unpaired) electrons. The Balaban J connectivity index is 2.39. The summed E-state index contributed by atoms with van der Waals surface area (Å²) in [5, 5.41) is 18.3. The average molecular weight is 279 g/mol. The highest BCUT2D eigenvalue weighted by molar-refractivity contribution is 7.99. The standard InChI is InChI=1S/C16H13N3S/c1-19(2)13-6-4-7-14(9-13)20-16-8-3-5-12(10-17)15(16)11-18/h3-9H,1-2H3. The molecule has 0 N–H and O–H groups in total. The van der Waals surface area contributed by atoms with Crippen LogP contribution in [0, 0.1) is 22.7 Å². The number of hydrogen-bond acceptors (Lipinski definition) is 4. The van der Waals surface area contributed by atoms with Crippen LogP contribution in [0.5, 0.6) is 0 Å². The lowest BCUT2D eigenvalue weighted by Gasteiger charge is -2.13. The Morgan fingerprint density at radius 3 is 2.40 bits per heavy atom. The number of nitrogens with zero attached hydrogens (tertiary/aromatic N) is 3. The quantitative estimate of drug-likeness (QED) is 0.860. The van der Waals surface area contributed by atoms with Crippen molar-refractivity contribution in [1.82, 2.24) is 0 Å². The Hall–Kier alpha value is -2.43. The molecule has 0 atom stereocenters. The van der Waals surface area contributed by atoms with Crippen LogP contribution in [-0.4, -0.2) is 14.1 Å². The summed E-state index contributed by atoms with van der Waals surface area (Å²) >= 11 is 1.50. The van der Waals surface area contributed by atoms with Gasteiger partial charge in [-0.05, 0) is 30.3 Å². The molecule has 0 saturated carbocycles. The fourth-order valence-electron chi connectivity index (χ4n) is 1.78. The Bertz CT molecular complexity index is 708. The Morgan fingerprint density at radius 1 is 1.00 bits per heavy atom. The van der Waals surface area contributed by atoms with Crippen LogP contribution in [0.1, 0.15) is 11.1 Å². The van der Waals surface area contributed by atoms with Crippen LogP contribution >= 0.6 is 11.8 Å². The van der Waals surface area contributed by atoms with E-state index in [-0.39, 0.29) is 0 Å². The maximum Gasteiger partial charge on any atom is 0.102 e. The minimum Gasteiger partial charge on any atom is -0.378 e. The van der Waals surface area contributed by atoms with E-state index >= 15 is 0 Å². The highest BCUT2D eigenvalue weighted by Crippen LogP contribution is 2.33. The normalized spacial score (nSPS) is 9.60. The SMILES string of the molecule is CN(C)c1cccc(Sc2cccc(C#N)c2C#N)c1. The van der Waals surface area contributed by atoms with Crippen LogP contribution in [0.2, 0.25) is 0 Å². The lowest BCUT2D eigenvalue weighted by Crippen LogP contribution is -2.08. The van der Waals surface area contributed by atoms with E-state index in [4.69, 9.17) is 5.26 Å². The van der Waals surface area contributed by atoms with E-state index < -0.39 is 0 Å². The van der Waals surface area contributed by atoms with Gasteiger partial charge in [0.15, 0.2) is 0 Å². The summed E-state index contributed by atoms with van der Waals surface area (Å²) < 4.78 is 0. The van der Waals surface area contributed by atoms with E-state index in [0.29, 0.717) is 11.1 Å². The second kappa shape index (κ2) is 6.14. The van der Waals surface area contributed by atoms with Crippen molar-refractivity contribution in [3.63, 3.8) is 0 Å². The fourth-order valence-corrected chi connectivity index (χ4v) is 2.76. The largest absolute Gasteiger partial charge is 0.378 e. The van der Waals surface area contributed by atoms with E-state index in [1.807, 2.05) is 43.3 Å². The molecule has 3 nitrogen and oxygen atoms in total. The molecule has 0 unspecified atom stereocenters. The molecule has 0 bridgehead atoms. The zero-order valence-corrected chi connectivity index (χ0v) is 12.1. The summed E-state index contributed by atoms with van der Waals surface area (Å²) in [7, 11) is 3.97. The van der Waals surface area contributed by atoms with Crippen molar-refractivity contribution in [2.75, 3.05) is 19.0 Å². The van der Waals surface area contributed by atoms with Crippen molar-refractivity contribution in [1.29, 1.82) is 10.5 Å². The zero-order valence-electron chi connectivity index (χ0n) is 11.3. The molecule has 20 heavy (non-hydrogen) atoms. The molecule has 2 aromatic rings. The van der Waals surface area contributed by atoms with Gasteiger partial charge in [0.05, 0.1) is 11.1 Å². The monoisotopic (exact) mass is 279 g/mol. The molecular formula is C16H13N3S. The number of hydrogen-bond donors (Lipinski definition) is 0. The van der Waals surface area contributed by atoms with Gasteiger partial charge in [0.2, 0.25) is 0 Å². The van der Waals surface area contributed by atoms with Crippen molar-refractivity contribution in [2.24, 2.45) is 0 Å². The van der Waals surface area contributed by atoms with Gasteiger partial charge in [-0.15, -0.1) is 0 Å². The molecule has 2 aromatic carbocycles. The molecule has 0 spiro atoms. The number of rotatable bonds is 3. The second-order valence-corrected chi connectivity index (χ2v) is 5.51. The molecule has 98 valence electrons. The van der Waals surface area contributed by atoms with Gasteiger partial charge in [0, 0.05) is 29.6 Å². The molecule has 0 saturated heterocycles. The first-order chi connectivity index (χ1) is 9.65. The highest BCUT2D eigenvalue weighted by Gasteiger charge is 2.09. The summed E-state index contributed by atoms with van der Waals surface area (Å²) in [6, 6.07) is 17.6. The summed E-state index contributed by atoms with van der Waals surface area (Å²) in [5.74, 6) is 0. The van der Waals surface area contributed by atoms with Gasteiger partial charge in [0.25, 0.3) is 0 Å². The van der Waals surface area contributed by atoms with E-state index in [9.17, 15) is 5.26 Å². The summed E-state index contributed by atoms with van der Waals surface area (Å²) in [5.41, 5.74) is 1.96. The lowest BCUT2D eigenvalue weighted by molar-refractivity contribution is 1.12. The Morgan fingerprint density at radius 2 is 1.75 bits per heavy atom. The van der Waals surface area contributed by atoms with Crippen molar-refractivity contribution in [3.8, 4) is 12.1 Å². The van der Waals surface area contributed by atoms with Gasteiger partial charge < -0.3 is 4.90 Å². The van der Waals surface area contributed by atoms with Crippen LogP contribution in [0.4, 0.5) is 5.69 Å². The van der Waals surface area contributed by atoms with Crippen LogP contribution in [-0.2, 0) is 0 Å². The second-order valence-electron chi connectivity index (χ2n) is 4.40.